The van der Waals surface area contributed by atoms with Crippen molar-refractivity contribution in [1.29, 1.82) is 0 Å². The first-order chi connectivity index (χ1) is 11.8. The highest BCUT2D eigenvalue weighted by Crippen LogP contribution is 2.20. The summed E-state index contributed by atoms with van der Waals surface area (Å²) >= 11 is 0. The first-order valence-electron chi connectivity index (χ1n) is 7.28. The number of para-hydroxylation sites is 1. The van der Waals surface area contributed by atoms with E-state index in [0.717, 1.165) is 9.13 Å². The standard InChI is InChI=1S/C16H14N4O5/c1-9(21)25-11-7-5-4-6-10(11)14(22)20-8-17-13-12(20)15(23)19(3)16(24)18(13)2/h4-8H,1-3H3. The fraction of sp³-hybridized carbons (Fsp3) is 0.188. The molecule has 0 bridgehead atoms. The van der Waals surface area contributed by atoms with E-state index in [9.17, 15) is 19.2 Å². The van der Waals surface area contributed by atoms with Crippen LogP contribution in [-0.4, -0.2) is 30.6 Å². The average molecular weight is 342 g/mol. The number of rotatable bonds is 2. The van der Waals surface area contributed by atoms with E-state index in [2.05, 4.69) is 4.98 Å². The van der Waals surface area contributed by atoms with Crippen LogP contribution in [0, 0.1) is 0 Å². The molecule has 0 spiro atoms. The molecule has 0 N–H and O–H groups in total. The van der Waals surface area contributed by atoms with E-state index in [1.165, 1.54) is 44.0 Å². The monoisotopic (exact) mass is 342 g/mol. The number of carbonyl (C=O) groups excluding carboxylic acids is 2. The van der Waals surface area contributed by atoms with Gasteiger partial charge in [-0.15, -0.1) is 0 Å². The fourth-order valence-electron chi connectivity index (χ4n) is 2.52. The molecule has 9 nitrogen and oxygen atoms in total. The Hall–Kier alpha value is -3.49. The molecule has 9 heteroatoms. The number of fused-ring (bicyclic) bond motifs is 1. The predicted octanol–water partition coefficient (Wildman–Crippen LogP) is 0.0475. The summed E-state index contributed by atoms with van der Waals surface area (Å²) in [6.45, 7) is 1.22. The zero-order valence-electron chi connectivity index (χ0n) is 13.7. The van der Waals surface area contributed by atoms with Crippen LogP contribution < -0.4 is 16.0 Å². The highest BCUT2D eigenvalue weighted by molar-refractivity contribution is 6.02. The molecular formula is C16H14N4O5. The molecule has 2 heterocycles. The van der Waals surface area contributed by atoms with Crippen LogP contribution in [0.5, 0.6) is 5.75 Å². The minimum atomic E-state index is -0.645. The molecule has 3 rings (SSSR count). The van der Waals surface area contributed by atoms with Gasteiger partial charge in [0, 0.05) is 21.0 Å². The van der Waals surface area contributed by atoms with Gasteiger partial charge < -0.3 is 4.74 Å². The Morgan fingerprint density at radius 3 is 2.44 bits per heavy atom. The Morgan fingerprint density at radius 2 is 1.76 bits per heavy atom. The van der Waals surface area contributed by atoms with Crippen molar-refractivity contribution in [3.63, 3.8) is 0 Å². The number of aromatic nitrogens is 4. The van der Waals surface area contributed by atoms with Gasteiger partial charge in [-0.1, -0.05) is 12.1 Å². The van der Waals surface area contributed by atoms with Gasteiger partial charge in [0.1, 0.15) is 12.1 Å². The second-order valence-corrected chi connectivity index (χ2v) is 5.39. The third-order valence-electron chi connectivity index (χ3n) is 3.74. The molecule has 0 saturated carbocycles. The van der Waals surface area contributed by atoms with Gasteiger partial charge in [-0.2, -0.15) is 0 Å². The van der Waals surface area contributed by atoms with E-state index in [1.807, 2.05) is 0 Å². The van der Waals surface area contributed by atoms with Crippen LogP contribution in [-0.2, 0) is 18.9 Å². The number of aryl methyl sites for hydroxylation is 1. The van der Waals surface area contributed by atoms with E-state index in [1.54, 1.807) is 12.1 Å². The summed E-state index contributed by atoms with van der Waals surface area (Å²) in [4.78, 5) is 52.5. The number of hydrogen-bond donors (Lipinski definition) is 0. The van der Waals surface area contributed by atoms with Crippen molar-refractivity contribution in [2.24, 2.45) is 14.1 Å². The Balaban J connectivity index is 2.26. The van der Waals surface area contributed by atoms with E-state index < -0.39 is 23.1 Å². The summed E-state index contributed by atoms with van der Waals surface area (Å²) < 4.78 is 8.16. The molecule has 0 aliphatic heterocycles. The molecular weight excluding hydrogens is 328 g/mol. The zero-order valence-corrected chi connectivity index (χ0v) is 13.7. The van der Waals surface area contributed by atoms with Gasteiger partial charge in [0.15, 0.2) is 11.2 Å². The third-order valence-corrected chi connectivity index (χ3v) is 3.74. The maximum absolute atomic E-state index is 12.9. The van der Waals surface area contributed by atoms with Crippen LogP contribution in [0.25, 0.3) is 11.2 Å². The molecule has 0 radical (unpaired) electrons. The van der Waals surface area contributed by atoms with Crippen molar-refractivity contribution >= 4 is 23.0 Å². The van der Waals surface area contributed by atoms with Crippen LogP contribution in [0.4, 0.5) is 0 Å². The van der Waals surface area contributed by atoms with Crippen LogP contribution in [0.2, 0.25) is 0 Å². The molecule has 1 aromatic carbocycles. The SMILES string of the molecule is CC(=O)Oc1ccccc1C(=O)n1cnc2c1c(=O)n(C)c(=O)n2C. The summed E-state index contributed by atoms with van der Waals surface area (Å²) in [6, 6.07) is 6.16. The summed E-state index contributed by atoms with van der Waals surface area (Å²) in [5, 5.41) is 0. The summed E-state index contributed by atoms with van der Waals surface area (Å²) in [6.07, 6.45) is 1.17. The van der Waals surface area contributed by atoms with Crippen LogP contribution >= 0.6 is 0 Å². The Labute approximate surface area is 140 Å². The van der Waals surface area contributed by atoms with Crippen molar-refractivity contribution in [1.82, 2.24) is 18.7 Å². The minimum absolute atomic E-state index is 0.0350. The van der Waals surface area contributed by atoms with E-state index in [0.29, 0.717) is 0 Å². The van der Waals surface area contributed by atoms with Gasteiger partial charge in [0.25, 0.3) is 11.5 Å². The maximum Gasteiger partial charge on any atom is 0.332 e. The number of imidazole rings is 1. The van der Waals surface area contributed by atoms with E-state index in [-0.39, 0.29) is 22.5 Å². The lowest BCUT2D eigenvalue weighted by atomic mass is 10.2. The number of benzene rings is 1. The quantitative estimate of drug-likeness (QED) is 0.481. The molecule has 25 heavy (non-hydrogen) atoms. The lowest BCUT2D eigenvalue weighted by molar-refractivity contribution is -0.131. The Morgan fingerprint density at radius 1 is 1.08 bits per heavy atom. The molecule has 0 saturated heterocycles. The number of esters is 1. The van der Waals surface area contributed by atoms with Crippen LogP contribution in [0.1, 0.15) is 17.3 Å². The van der Waals surface area contributed by atoms with Crippen LogP contribution in [0.15, 0.2) is 40.2 Å². The zero-order chi connectivity index (χ0) is 18.3. The molecule has 0 fully saturated rings. The van der Waals surface area contributed by atoms with Crippen molar-refractivity contribution in [2.45, 2.75) is 6.92 Å². The number of ether oxygens (including phenoxy) is 1. The van der Waals surface area contributed by atoms with Crippen LogP contribution in [0.3, 0.4) is 0 Å². The first-order valence-corrected chi connectivity index (χ1v) is 7.28. The highest BCUT2D eigenvalue weighted by Gasteiger charge is 2.21. The number of carbonyl (C=O) groups is 2. The molecule has 0 unspecified atom stereocenters. The fourth-order valence-corrected chi connectivity index (χ4v) is 2.52. The average Bonchev–Trinajstić information content (AvgIpc) is 3.02. The van der Waals surface area contributed by atoms with Crippen molar-refractivity contribution < 1.29 is 14.3 Å². The van der Waals surface area contributed by atoms with Crippen molar-refractivity contribution in [3.05, 3.63) is 57.0 Å². The topological polar surface area (TPSA) is 105 Å². The molecule has 0 atom stereocenters. The smallest absolute Gasteiger partial charge is 0.332 e. The summed E-state index contributed by atoms with van der Waals surface area (Å²) in [7, 11) is 2.78. The third kappa shape index (κ3) is 2.55. The Kier molecular flexibility index (Phi) is 3.84. The second-order valence-electron chi connectivity index (χ2n) is 5.39. The Bertz CT molecular complexity index is 1140. The maximum atomic E-state index is 12.9. The molecule has 128 valence electrons. The summed E-state index contributed by atoms with van der Waals surface area (Å²) in [5.74, 6) is -1.10. The molecule has 2 aromatic heterocycles. The van der Waals surface area contributed by atoms with Gasteiger partial charge in [0.05, 0.1) is 5.56 Å². The predicted molar refractivity (Wildman–Crippen MR) is 87.7 cm³/mol. The van der Waals surface area contributed by atoms with E-state index >= 15 is 0 Å². The molecule has 0 amide bonds. The molecule has 0 aliphatic carbocycles. The normalized spacial score (nSPS) is 10.8. The number of nitrogens with zero attached hydrogens (tertiary/aromatic N) is 4. The molecule has 0 aliphatic rings. The van der Waals surface area contributed by atoms with Gasteiger partial charge in [-0.3, -0.25) is 28.1 Å². The van der Waals surface area contributed by atoms with Gasteiger partial charge in [0.2, 0.25) is 0 Å². The van der Waals surface area contributed by atoms with Crippen molar-refractivity contribution in [2.75, 3.05) is 0 Å². The lowest BCUT2D eigenvalue weighted by Gasteiger charge is -2.09. The van der Waals surface area contributed by atoms with E-state index in [4.69, 9.17) is 4.74 Å². The van der Waals surface area contributed by atoms with Gasteiger partial charge in [-0.05, 0) is 12.1 Å². The van der Waals surface area contributed by atoms with Gasteiger partial charge >= 0.3 is 11.7 Å². The minimum Gasteiger partial charge on any atom is -0.426 e. The van der Waals surface area contributed by atoms with Gasteiger partial charge in [-0.25, -0.2) is 9.78 Å². The summed E-state index contributed by atoms with van der Waals surface area (Å²) in [5.41, 5.74) is -1.05. The lowest BCUT2D eigenvalue weighted by Crippen LogP contribution is -2.38. The number of hydrogen-bond acceptors (Lipinski definition) is 6. The highest BCUT2D eigenvalue weighted by atomic mass is 16.5. The molecule has 3 aromatic rings. The first kappa shape index (κ1) is 16.4. The van der Waals surface area contributed by atoms with Crippen molar-refractivity contribution in [3.8, 4) is 5.75 Å². The second kappa shape index (κ2) is 5.86. The largest absolute Gasteiger partial charge is 0.426 e.